The summed E-state index contributed by atoms with van der Waals surface area (Å²) in [6.45, 7) is 4.51. The predicted octanol–water partition coefficient (Wildman–Crippen LogP) is 1.11. The summed E-state index contributed by atoms with van der Waals surface area (Å²) >= 11 is 0. The Morgan fingerprint density at radius 1 is 1.38 bits per heavy atom. The van der Waals surface area contributed by atoms with Crippen molar-refractivity contribution in [3.8, 4) is 5.75 Å². The van der Waals surface area contributed by atoms with Gasteiger partial charge in [0.2, 0.25) is 10.0 Å². The van der Waals surface area contributed by atoms with Gasteiger partial charge in [-0.2, -0.15) is 4.31 Å². The fourth-order valence-corrected chi connectivity index (χ4v) is 2.92. The first kappa shape index (κ1) is 17.5. The molecule has 0 amide bonds. The third kappa shape index (κ3) is 6.16. The van der Waals surface area contributed by atoms with Gasteiger partial charge in [-0.1, -0.05) is 12.1 Å². The number of benzene rings is 1. The van der Waals surface area contributed by atoms with Crippen LogP contribution >= 0.6 is 0 Å². The number of rotatable bonds is 10. The number of nitrogens with zero attached hydrogens (tertiary/aromatic N) is 1. The number of methoxy groups -OCH3 is 1. The third-order valence-electron chi connectivity index (χ3n) is 2.74. The van der Waals surface area contributed by atoms with E-state index in [1.807, 2.05) is 0 Å². The number of hydrogen-bond donors (Lipinski definition) is 1. The Morgan fingerprint density at radius 2 is 2.14 bits per heavy atom. The number of anilines is 1. The van der Waals surface area contributed by atoms with E-state index in [2.05, 4.69) is 6.58 Å². The first-order valence-electron chi connectivity index (χ1n) is 6.55. The molecule has 0 aliphatic carbocycles. The molecule has 0 atom stereocenters. The summed E-state index contributed by atoms with van der Waals surface area (Å²) in [5.74, 6) is 0.441. The zero-order valence-corrected chi connectivity index (χ0v) is 13.0. The van der Waals surface area contributed by atoms with Crippen molar-refractivity contribution < 1.29 is 17.9 Å². The SMILES string of the molecule is C=CCN(CCOC)S(=O)(=O)CCOc1cccc(N)c1. The van der Waals surface area contributed by atoms with Crippen molar-refractivity contribution in [2.24, 2.45) is 0 Å². The Morgan fingerprint density at radius 3 is 2.76 bits per heavy atom. The predicted molar refractivity (Wildman–Crippen MR) is 83.8 cm³/mol. The summed E-state index contributed by atoms with van der Waals surface area (Å²) in [7, 11) is -1.88. The second-order valence-corrected chi connectivity index (χ2v) is 6.46. The highest BCUT2D eigenvalue weighted by atomic mass is 32.2. The van der Waals surface area contributed by atoms with Crippen molar-refractivity contribution in [2.75, 3.05) is 44.9 Å². The van der Waals surface area contributed by atoms with Crippen molar-refractivity contribution in [2.45, 2.75) is 0 Å². The van der Waals surface area contributed by atoms with E-state index in [9.17, 15) is 8.42 Å². The van der Waals surface area contributed by atoms with Crippen LogP contribution in [0.4, 0.5) is 5.69 Å². The maximum Gasteiger partial charge on any atom is 0.217 e. The van der Waals surface area contributed by atoms with Crippen molar-refractivity contribution in [3.63, 3.8) is 0 Å². The standard InChI is InChI=1S/C14H22N2O4S/c1-3-7-16(8-9-19-2)21(17,18)11-10-20-14-6-4-5-13(15)12-14/h3-6,12H,1,7-11,15H2,2H3. The van der Waals surface area contributed by atoms with Crippen LogP contribution in [-0.4, -0.2) is 51.9 Å². The number of ether oxygens (including phenoxy) is 2. The van der Waals surface area contributed by atoms with E-state index < -0.39 is 10.0 Å². The molecule has 1 rings (SSSR count). The van der Waals surface area contributed by atoms with Crippen LogP contribution in [0.15, 0.2) is 36.9 Å². The highest BCUT2D eigenvalue weighted by molar-refractivity contribution is 7.89. The quantitative estimate of drug-likeness (QED) is 0.517. The topological polar surface area (TPSA) is 81.9 Å². The molecular weight excluding hydrogens is 292 g/mol. The lowest BCUT2D eigenvalue weighted by Gasteiger charge is -2.20. The van der Waals surface area contributed by atoms with E-state index in [-0.39, 0.29) is 18.9 Å². The summed E-state index contributed by atoms with van der Waals surface area (Å²) < 4.78 is 36.1. The van der Waals surface area contributed by atoms with Crippen LogP contribution in [0.25, 0.3) is 0 Å². The largest absolute Gasteiger partial charge is 0.492 e. The van der Waals surface area contributed by atoms with E-state index in [1.165, 1.54) is 11.4 Å². The summed E-state index contributed by atoms with van der Waals surface area (Å²) in [4.78, 5) is 0. The Balaban J connectivity index is 2.55. The molecule has 0 unspecified atom stereocenters. The van der Waals surface area contributed by atoms with Gasteiger partial charge in [-0.25, -0.2) is 8.42 Å². The lowest BCUT2D eigenvalue weighted by atomic mass is 10.3. The Hall–Kier alpha value is -1.57. The molecule has 0 spiro atoms. The van der Waals surface area contributed by atoms with E-state index in [0.29, 0.717) is 24.6 Å². The molecule has 6 nitrogen and oxygen atoms in total. The second kappa shape index (κ2) is 8.66. The summed E-state index contributed by atoms with van der Waals surface area (Å²) in [6.07, 6.45) is 1.55. The highest BCUT2D eigenvalue weighted by Gasteiger charge is 2.20. The lowest BCUT2D eigenvalue weighted by Crippen LogP contribution is -2.37. The minimum atomic E-state index is -3.41. The first-order chi connectivity index (χ1) is 9.99. The van der Waals surface area contributed by atoms with E-state index in [0.717, 1.165) is 0 Å². The van der Waals surface area contributed by atoms with Gasteiger partial charge in [-0.3, -0.25) is 0 Å². The maximum absolute atomic E-state index is 12.2. The van der Waals surface area contributed by atoms with E-state index >= 15 is 0 Å². The molecule has 0 fully saturated rings. The van der Waals surface area contributed by atoms with Crippen LogP contribution in [0.2, 0.25) is 0 Å². The molecule has 1 aromatic rings. The fourth-order valence-electron chi connectivity index (χ4n) is 1.68. The molecule has 1 aromatic carbocycles. The molecule has 0 saturated carbocycles. The van der Waals surface area contributed by atoms with Gasteiger partial charge < -0.3 is 15.2 Å². The molecule has 7 heteroatoms. The van der Waals surface area contributed by atoms with Gasteiger partial charge in [0.05, 0.1) is 12.4 Å². The smallest absolute Gasteiger partial charge is 0.217 e. The molecule has 0 aliphatic rings. The van der Waals surface area contributed by atoms with Crippen LogP contribution in [-0.2, 0) is 14.8 Å². The van der Waals surface area contributed by atoms with Gasteiger partial charge in [0.25, 0.3) is 0 Å². The van der Waals surface area contributed by atoms with Crippen molar-refractivity contribution in [3.05, 3.63) is 36.9 Å². The van der Waals surface area contributed by atoms with Crippen LogP contribution in [0.5, 0.6) is 5.75 Å². The Labute approximate surface area is 126 Å². The minimum Gasteiger partial charge on any atom is -0.492 e. The molecule has 21 heavy (non-hydrogen) atoms. The Bertz CT molecular complexity index is 546. The van der Waals surface area contributed by atoms with Gasteiger partial charge in [0, 0.05) is 32.0 Å². The molecular formula is C14H22N2O4S. The van der Waals surface area contributed by atoms with Gasteiger partial charge in [0.15, 0.2) is 0 Å². The van der Waals surface area contributed by atoms with Gasteiger partial charge in [0.1, 0.15) is 12.4 Å². The lowest BCUT2D eigenvalue weighted by molar-refractivity contribution is 0.181. The monoisotopic (exact) mass is 314 g/mol. The average Bonchev–Trinajstić information content (AvgIpc) is 2.43. The van der Waals surface area contributed by atoms with Crippen LogP contribution in [0.3, 0.4) is 0 Å². The summed E-state index contributed by atoms with van der Waals surface area (Å²) in [6, 6.07) is 6.87. The third-order valence-corrected chi connectivity index (χ3v) is 4.54. The minimum absolute atomic E-state index is 0.0619. The van der Waals surface area contributed by atoms with Crippen LogP contribution in [0, 0.1) is 0 Å². The van der Waals surface area contributed by atoms with Crippen LogP contribution in [0.1, 0.15) is 0 Å². The zero-order chi connectivity index (χ0) is 15.7. The number of sulfonamides is 1. The van der Waals surface area contributed by atoms with Crippen molar-refractivity contribution in [1.82, 2.24) is 4.31 Å². The van der Waals surface area contributed by atoms with Gasteiger partial charge in [-0.05, 0) is 12.1 Å². The zero-order valence-electron chi connectivity index (χ0n) is 12.2. The van der Waals surface area contributed by atoms with Crippen molar-refractivity contribution >= 4 is 15.7 Å². The number of hydrogen-bond acceptors (Lipinski definition) is 5. The molecule has 0 radical (unpaired) electrons. The summed E-state index contributed by atoms with van der Waals surface area (Å²) in [5.41, 5.74) is 6.20. The Kier molecular flexibility index (Phi) is 7.21. The van der Waals surface area contributed by atoms with Gasteiger partial charge >= 0.3 is 0 Å². The fraction of sp³-hybridized carbons (Fsp3) is 0.429. The average molecular weight is 314 g/mol. The van der Waals surface area contributed by atoms with E-state index in [1.54, 1.807) is 30.3 Å². The number of nitrogens with two attached hydrogens (primary N) is 1. The molecule has 118 valence electrons. The molecule has 0 aromatic heterocycles. The molecule has 2 N–H and O–H groups in total. The highest BCUT2D eigenvalue weighted by Crippen LogP contribution is 2.14. The molecule has 0 saturated heterocycles. The normalized spacial score (nSPS) is 11.5. The molecule has 0 bridgehead atoms. The second-order valence-electron chi connectivity index (χ2n) is 4.38. The maximum atomic E-state index is 12.2. The molecule has 0 aliphatic heterocycles. The van der Waals surface area contributed by atoms with E-state index in [4.69, 9.17) is 15.2 Å². The molecule has 0 heterocycles. The van der Waals surface area contributed by atoms with Gasteiger partial charge in [-0.15, -0.1) is 6.58 Å². The van der Waals surface area contributed by atoms with Crippen LogP contribution < -0.4 is 10.5 Å². The van der Waals surface area contributed by atoms with Crippen molar-refractivity contribution in [1.29, 1.82) is 0 Å². The first-order valence-corrected chi connectivity index (χ1v) is 8.16. The summed E-state index contributed by atoms with van der Waals surface area (Å²) in [5, 5.41) is 0. The number of nitrogen functional groups attached to an aromatic ring is 1.